The molecule has 0 spiro atoms. The first-order valence-electron chi connectivity index (χ1n) is 7.03. The number of rotatable bonds is 6. The number of amides is 1. The number of hydrogen-bond donors (Lipinski definition) is 2. The van der Waals surface area contributed by atoms with Gasteiger partial charge in [0.15, 0.2) is 0 Å². The highest BCUT2D eigenvalue weighted by Gasteiger charge is 2.15. The zero-order valence-corrected chi connectivity index (χ0v) is 12.8. The number of aromatic carboxylic acids is 1. The predicted molar refractivity (Wildman–Crippen MR) is 83.5 cm³/mol. The Balaban J connectivity index is 2.15. The van der Waals surface area contributed by atoms with Gasteiger partial charge in [0.25, 0.3) is 0 Å². The fourth-order valence-electron chi connectivity index (χ4n) is 2.18. The van der Waals surface area contributed by atoms with E-state index in [1.165, 1.54) is 24.3 Å². The SMILES string of the molecule is Cc1cccc(OC(F)F)c1NC(=O)Cc1cccc(C(=O)O)c1. The third-order valence-electron chi connectivity index (χ3n) is 3.25. The van der Waals surface area contributed by atoms with Crippen molar-refractivity contribution in [1.82, 2.24) is 0 Å². The third kappa shape index (κ3) is 4.52. The molecule has 2 aromatic carbocycles. The average molecular weight is 335 g/mol. The molecule has 0 radical (unpaired) electrons. The van der Waals surface area contributed by atoms with Crippen LogP contribution in [0.2, 0.25) is 0 Å². The summed E-state index contributed by atoms with van der Waals surface area (Å²) < 4.78 is 29.3. The van der Waals surface area contributed by atoms with Gasteiger partial charge in [0.2, 0.25) is 5.91 Å². The van der Waals surface area contributed by atoms with Crippen molar-refractivity contribution in [3.05, 3.63) is 59.2 Å². The number of aryl methyl sites for hydroxylation is 1. The second-order valence-corrected chi connectivity index (χ2v) is 5.06. The van der Waals surface area contributed by atoms with Crippen molar-refractivity contribution in [3.8, 4) is 5.75 Å². The summed E-state index contributed by atoms with van der Waals surface area (Å²) in [5.74, 6) is -1.69. The van der Waals surface area contributed by atoms with Gasteiger partial charge in [-0.2, -0.15) is 8.78 Å². The molecule has 0 saturated heterocycles. The number of carboxylic acids is 1. The number of alkyl halides is 2. The van der Waals surface area contributed by atoms with Crippen LogP contribution in [-0.2, 0) is 11.2 Å². The van der Waals surface area contributed by atoms with Gasteiger partial charge in [0.1, 0.15) is 5.75 Å². The Labute approximate surface area is 136 Å². The molecule has 0 unspecified atom stereocenters. The van der Waals surface area contributed by atoms with E-state index in [0.717, 1.165) is 0 Å². The van der Waals surface area contributed by atoms with Gasteiger partial charge in [0, 0.05) is 0 Å². The quantitative estimate of drug-likeness (QED) is 0.847. The monoisotopic (exact) mass is 335 g/mol. The lowest BCUT2D eigenvalue weighted by molar-refractivity contribution is -0.115. The lowest BCUT2D eigenvalue weighted by Crippen LogP contribution is -2.17. The number of halogens is 2. The van der Waals surface area contributed by atoms with Crippen LogP contribution in [0.3, 0.4) is 0 Å². The normalized spacial score (nSPS) is 10.5. The van der Waals surface area contributed by atoms with Gasteiger partial charge in [-0.1, -0.05) is 24.3 Å². The van der Waals surface area contributed by atoms with Crippen molar-refractivity contribution >= 4 is 17.6 Å². The summed E-state index contributed by atoms with van der Waals surface area (Å²) in [5, 5.41) is 11.5. The standard InChI is InChI=1S/C17H15F2NO4/c1-10-4-2-7-13(24-17(18)19)15(10)20-14(21)9-11-5-3-6-12(8-11)16(22)23/h2-8,17H,9H2,1H3,(H,20,21)(H,22,23). The number of benzene rings is 2. The van der Waals surface area contributed by atoms with Crippen molar-refractivity contribution in [2.45, 2.75) is 20.0 Å². The van der Waals surface area contributed by atoms with Crippen LogP contribution in [0.4, 0.5) is 14.5 Å². The number of anilines is 1. The molecule has 0 fully saturated rings. The summed E-state index contributed by atoms with van der Waals surface area (Å²) in [6.45, 7) is -1.35. The van der Waals surface area contributed by atoms with Crippen LogP contribution in [-0.4, -0.2) is 23.6 Å². The maximum atomic E-state index is 12.4. The van der Waals surface area contributed by atoms with E-state index in [0.29, 0.717) is 11.1 Å². The molecule has 0 atom stereocenters. The molecule has 1 amide bonds. The maximum absolute atomic E-state index is 12.4. The minimum atomic E-state index is -3.00. The molecule has 0 aliphatic heterocycles. The van der Waals surface area contributed by atoms with E-state index in [4.69, 9.17) is 5.11 Å². The number of ether oxygens (including phenoxy) is 1. The molecule has 0 saturated carbocycles. The zero-order valence-electron chi connectivity index (χ0n) is 12.8. The first-order valence-corrected chi connectivity index (χ1v) is 7.03. The fraction of sp³-hybridized carbons (Fsp3) is 0.176. The van der Waals surface area contributed by atoms with E-state index in [1.54, 1.807) is 25.1 Å². The third-order valence-corrected chi connectivity index (χ3v) is 3.25. The van der Waals surface area contributed by atoms with E-state index < -0.39 is 18.5 Å². The van der Waals surface area contributed by atoms with Crippen LogP contribution in [0, 0.1) is 6.92 Å². The summed E-state index contributed by atoms with van der Waals surface area (Å²) in [7, 11) is 0. The molecule has 7 heteroatoms. The number of para-hydroxylation sites is 1. The Morgan fingerprint density at radius 3 is 2.58 bits per heavy atom. The van der Waals surface area contributed by atoms with Crippen molar-refractivity contribution < 1.29 is 28.2 Å². The van der Waals surface area contributed by atoms with Gasteiger partial charge in [-0.15, -0.1) is 0 Å². The molecule has 0 heterocycles. The Hall–Kier alpha value is -2.96. The summed E-state index contributed by atoms with van der Waals surface area (Å²) >= 11 is 0. The molecule has 5 nitrogen and oxygen atoms in total. The highest BCUT2D eigenvalue weighted by atomic mass is 19.3. The summed E-state index contributed by atoms with van der Waals surface area (Å²) in [5.41, 5.74) is 1.30. The van der Waals surface area contributed by atoms with Crippen LogP contribution < -0.4 is 10.1 Å². The van der Waals surface area contributed by atoms with Crippen LogP contribution >= 0.6 is 0 Å². The van der Waals surface area contributed by atoms with Gasteiger partial charge in [-0.3, -0.25) is 4.79 Å². The van der Waals surface area contributed by atoms with E-state index in [1.807, 2.05) is 0 Å². The molecule has 24 heavy (non-hydrogen) atoms. The van der Waals surface area contributed by atoms with E-state index in [2.05, 4.69) is 10.1 Å². The molecule has 0 bridgehead atoms. The van der Waals surface area contributed by atoms with E-state index in [-0.39, 0.29) is 23.4 Å². The Morgan fingerprint density at radius 1 is 1.21 bits per heavy atom. The van der Waals surface area contributed by atoms with Crippen LogP contribution in [0.1, 0.15) is 21.5 Å². The topological polar surface area (TPSA) is 75.6 Å². The molecule has 2 N–H and O–H groups in total. The van der Waals surface area contributed by atoms with Crippen molar-refractivity contribution in [3.63, 3.8) is 0 Å². The van der Waals surface area contributed by atoms with Crippen molar-refractivity contribution in [2.75, 3.05) is 5.32 Å². The van der Waals surface area contributed by atoms with E-state index >= 15 is 0 Å². The number of nitrogens with one attached hydrogen (secondary N) is 1. The first kappa shape index (κ1) is 17.4. The van der Waals surface area contributed by atoms with Gasteiger partial charge in [-0.25, -0.2) is 4.79 Å². The minimum absolute atomic E-state index is 0.0675. The number of carbonyl (C=O) groups is 2. The van der Waals surface area contributed by atoms with Gasteiger partial charge in [0.05, 0.1) is 17.7 Å². The smallest absolute Gasteiger partial charge is 0.387 e. The van der Waals surface area contributed by atoms with Gasteiger partial charge < -0.3 is 15.2 Å². The summed E-state index contributed by atoms with van der Waals surface area (Å²) in [4.78, 5) is 23.1. The van der Waals surface area contributed by atoms with Crippen LogP contribution in [0.15, 0.2) is 42.5 Å². The second-order valence-electron chi connectivity index (χ2n) is 5.06. The number of hydrogen-bond acceptors (Lipinski definition) is 3. The van der Waals surface area contributed by atoms with Gasteiger partial charge >= 0.3 is 12.6 Å². The average Bonchev–Trinajstić information content (AvgIpc) is 2.50. The molecule has 0 aliphatic rings. The van der Waals surface area contributed by atoms with Gasteiger partial charge in [-0.05, 0) is 36.2 Å². The fourth-order valence-corrected chi connectivity index (χ4v) is 2.18. The Bertz CT molecular complexity index is 762. The van der Waals surface area contributed by atoms with Crippen LogP contribution in [0.5, 0.6) is 5.75 Å². The molecule has 0 aliphatic carbocycles. The Morgan fingerprint density at radius 2 is 1.92 bits per heavy atom. The maximum Gasteiger partial charge on any atom is 0.387 e. The van der Waals surface area contributed by atoms with E-state index in [9.17, 15) is 18.4 Å². The molecule has 2 rings (SSSR count). The zero-order chi connectivity index (χ0) is 17.7. The highest BCUT2D eigenvalue weighted by molar-refractivity contribution is 5.95. The minimum Gasteiger partial charge on any atom is -0.478 e. The first-order chi connectivity index (χ1) is 11.4. The number of carbonyl (C=O) groups excluding carboxylic acids is 1. The van der Waals surface area contributed by atoms with Crippen LogP contribution in [0.25, 0.3) is 0 Å². The lowest BCUT2D eigenvalue weighted by Gasteiger charge is -2.14. The molecular weight excluding hydrogens is 320 g/mol. The van der Waals surface area contributed by atoms with Crippen molar-refractivity contribution in [2.24, 2.45) is 0 Å². The largest absolute Gasteiger partial charge is 0.478 e. The summed E-state index contributed by atoms with van der Waals surface area (Å²) in [6, 6.07) is 10.5. The second kappa shape index (κ2) is 7.54. The molecular formula is C17H15F2NO4. The lowest BCUT2D eigenvalue weighted by atomic mass is 10.1. The van der Waals surface area contributed by atoms with Crippen molar-refractivity contribution in [1.29, 1.82) is 0 Å². The predicted octanol–water partition coefficient (Wildman–Crippen LogP) is 3.48. The molecule has 2 aromatic rings. The summed E-state index contributed by atoms with van der Waals surface area (Å²) in [6.07, 6.45) is -0.0937. The Kier molecular flexibility index (Phi) is 5.47. The number of carboxylic acid groups (broad SMARTS) is 1. The molecule has 126 valence electrons. The highest BCUT2D eigenvalue weighted by Crippen LogP contribution is 2.29. The molecule has 0 aromatic heterocycles.